The second-order valence-corrected chi connectivity index (χ2v) is 9.62. The maximum absolute atomic E-state index is 13.1. The van der Waals surface area contributed by atoms with Gasteiger partial charge in [-0.05, 0) is 74.6 Å². The molecular formula is C23H25F3N4O2. The third-order valence-corrected chi connectivity index (χ3v) is 7.76. The lowest BCUT2D eigenvalue weighted by atomic mass is 9.84. The molecule has 6 nitrogen and oxygen atoms in total. The summed E-state index contributed by atoms with van der Waals surface area (Å²) in [5, 5.41) is 9.38. The highest BCUT2D eigenvalue weighted by Gasteiger charge is 2.56. The maximum Gasteiger partial charge on any atom is 0.416 e. The minimum absolute atomic E-state index is 0.0752. The molecule has 4 aliphatic rings. The van der Waals surface area contributed by atoms with Crippen molar-refractivity contribution in [2.45, 2.75) is 74.9 Å². The maximum atomic E-state index is 13.1. The van der Waals surface area contributed by atoms with Crippen LogP contribution in [0.4, 0.5) is 13.2 Å². The summed E-state index contributed by atoms with van der Waals surface area (Å²) in [5.41, 5.74) is 5.86. The van der Waals surface area contributed by atoms with Crippen LogP contribution in [0.3, 0.4) is 0 Å². The van der Waals surface area contributed by atoms with Crippen LogP contribution < -0.4 is 5.73 Å². The Morgan fingerprint density at radius 3 is 2.22 bits per heavy atom. The van der Waals surface area contributed by atoms with Crippen molar-refractivity contribution in [3.8, 4) is 6.07 Å². The second-order valence-electron chi connectivity index (χ2n) is 9.62. The Kier molecular flexibility index (Phi) is 4.97. The number of hydrogen-bond donors (Lipinski definition) is 1. The molecule has 0 radical (unpaired) electrons. The summed E-state index contributed by atoms with van der Waals surface area (Å²) in [5.74, 6) is -0.0769. The van der Waals surface area contributed by atoms with E-state index in [2.05, 4.69) is 6.07 Å². The van der Waals surface area contributed by atoms with Crippen molar-refractivity contribution in [2.24, 2.45) is 17.6 Å². The van der Waals surface area contributed by atoms with E-state index in [0.717, 1.165) is 37.8 Å². The van der Waals surface area contributed by atoms with E-state index in [1.54, 1.807) is 9.80 Å². The largest absolute Gasteiger partial charge is 0.416 e. The molecule has 2 bridgehead atoms. The lowest BCUT2D eigenvalue weighted by Gasteiger charge is -2.41. The number of nitrogens with two attached hydrogens (primary N) is 1. The van der Waals surface area contributed by atoms with E-state index in [1.165, 1.54) is 12.1 Å². The molecule has 1 aliphatic carbocycles. The third-order valence-electron chi connectivity index (χ3n) is 7.76. The summed E-state index contributed by atoms with van der Waals surface area (Å²) in [6.07, 6.45) is 0.00612. The molecule has 1 aromatic carbocycles. The van der Waals surface area contributed by atoms with Crippen LogP contribution in [0.2, 0.25) is 0 Å². The Bertz CT molecular complexity index is 959. The molecular weight excluding hydrogens is 421 g/mol. The number of nitriles is 1. The van der Waals surface area contributed by atoms with Crippen LogP contribution >= 0.6 is 0 Å². The summed E-state index contributed by atoms with van der Waals surface area (Å²) >= 11 is 0. The zero-order valence-electron chi connectivity index (χ0n) is 17.5. The number of benzene rings is 1. The first-order chi connectivity index (χ1) is 15.2. The van der Waals surface area contributed by atoms with Crippen LogP contribution in [-0.4, -0.2) is 51.8 Å². The van der Waals surface area contributed by atoms with Gasteiger partial charge in [0.05, 0.1) is 17.7 Å². The van der Waals surface area contributed by atoms with Crippen molar-refractivity contribution in [3.05, 3.63) is 35.4 Å². The van der Waals surface area contributed by atoms with E-state index >= 15 is 0 Å². The van der Waals surface area contributed by atoms with Crippen molar-refractivity contribution >= 4 is 11.8 Å². The van der Waals surface area contributed by atoms with Crippen LogP contribution in [0.25, 0.3) is 0 Å². The van der Waals surface area contributed by atoms with Gasteiger partial charge in [-0.3, -0.25) is 9.59 Å². The minimum atomic E-state index is -4.44. The molecule has 9 heteroatoms. The Labute approximate surface area is 184 Å². The van der Waals surface area contributed by atoms with Crippen LogP contribution in [0.15, 0.2) is 24.3 Å². The van der Waals surface area contributed by atoms with Gasteiger partial charge in [-0.1, -0.05) is 0 Å². The van der Waals surface area contributed by atoms with Gasteiger partial charge >= 0.3 is 6.18 Å². The van der Waals surface area contributed by atoms with Crippen LogP contribution in [0.5, 0.6) is 0 Å². The molecule has 2 amide bonds. The summed E-state index contributed by atoms with van der Waals surface area (Å²) in [6.45, 7) is 0. The quantitative estimate of drug-likeness (QED) is 0.773. The smallest absolute Gasteiger partial charge is 0.333 e. The molecule has 3 aliphatic heterocycles. The summed E-state index contributed by atoms with van der Waals surface area (Å²) < 4.78 is 38.5. The lowest BCUT2D eigenvalue weighted by molar-refractivity contribution is -0.137. The first-order valence-electron chi connectivity index (χ1n) is 11.2. The molecule has 1 saturated carbocycles. The number of likely N-dealkylation sites (tertiary alicyclic amines) is 1. The second kappa shape index (κ2) is 7.48. The summed E-state index contributed by atoms with van der Waals surface area (Å²) in [7, 11) is 0. The number of fused-ring (bicyclic) bond motifs is 3. The van der Waals surface area contributed by atoms with E-state index in [0.29, 0.717) is 18.8 Å². The van der Waals surface area contributed by atoms with Crippen molar-refractivity contribution in [3.63, 3.8) is 0 Å². The average molecular weight is 446 g/mol. The summed E-state index contributed by atoms with van der Waals surface area (Å²) in [6, 6.07) is 5.45. The van der Waals surface area contributed by atoms with E-state index in [4.69, 9.17) is 5.73 Å². The Morgan fingerprint density at radius 1 is 1.03 bits per heavy atom. The van der Waals surface area contributed by atoms with Crippen molar-refractivity contribution < 1.29 is 22.8 Å². The lowest BCUT2D eigenvalue weighted by Crippen LogP contribution is -2.55. The highest BCUT2D eigenvalue weighted by Crippen LogP contribution is 2.48. The van der Waals surface area contributed by atoms with Crippen LogP contribution in [0.1, 0.15) is 54.4 Å². The van der Waals surface area contributed by atoms with Crippen LogP contribution in [0, 0.1) is 23.2 Å². The van der Waals surface area contributed by atoms with E-state index in [1.807, 2.05) is 0 Å². The standard InChI is InChI=1S/C23H25F3N4O2/c24-23(25,26)15-3-1-12(2-4-15)21(31)29-16-5-6-17(29)9-14(8-16)20(28)22(32)30-18(11-27)7-13-10-19(13)30/h1-4,13-14,16-20H,5-10,28H2/t13-,14?,16?,17?,18+,19+,20+/m1/s1. The molecule has 2 N–H and O–H groups in total. The van der Waals surface area contributed by atoms with Gasteiger partial charge < -0.3 is 15.5 Å². The number of amides is 2. The fourth-order valence-electron chi connectivity index (χ4n) is 6.06. The summed E-state index contributed by atoms with van der Waals surface area (Å²) in [4.78, 5) is 29.7. The van der Waals surface area contributed by atoms with E-state index in [9.17, 15) is 28.0 Å². The first-order valence-corrected chi connectivity index (χ1v) is 11.2. The Morgan fingerprint density at radius 2 is 1.66 bits per heavy atom. The molecule has 32 heavy (non-hydrogen) atoms. The van der Waals surface area contributed by atoms with Gasteiger partial charge in [0, 0.05) is 23.7 Å². The molecule has 4 fully saturated rings. The molecule has 2 unspecified atom stereocenters. The minimum Gasteiger partial charge on any atom is -0.333 e. The number of alkyl halides is 3. The number of halogens is 3. The number of carbonyl (C=O) groups excluding carboxylic acids is 2. The highest BCUT2D eigenvalue weighted by molar-refractivity contribution is 5.95. The normalized spacial score (nSPS) is 34.1. The molecule has 5 rings (SSSR count). The monoisotopic (exact) mass is 446 g/mol. The number of rotatable bonds is 3. The SMILES string of the molecule is N#C[C@@H]1C[C@@H]2C[C@@H]2N1C(=O)[C@@H](N)C1CC2CCC(C1)N2C(=O)c1ccc(C(F)(F)F)cc1. The number of piperidine rings is 2. The zero-order valence-corrected chi connectivity index (χ0v) is 17.5. The number of nitrogens with zero attached hydrogens (tertiary/aromatic N) is 3. The van der Waals surface area contributed by atoms with Gasteiger partial charge in [-0.15, -0.1) is 0 Å². The van der Waals surface area contributed by atoms with Gasteiger partial charge in [0.2, 0.25) is 5.91 Å². The third kappa shape index (κ3) is 3.45. The zero-order chi connectivity index (χ0) is 22.8. The van der Waals surface area contributed by atoms with Crippen molar-refractivity contribution in [1.82, 2.24) is 9.80 Å². The number of hydrogen-bond acceptors (Lipinski definition) is 4. The first kappa shape index (κ1) is 21.3. The van der Waals surface area contributed by atoms with Gasteiger partial charge in [0.1, 0.15) is 6.04 Å². The molecule has 6 atom stereocenters. The van der Waals surface area contributed by atoms with Gasteiger partial charge in [0.15, 0.2) is 0 Å². The Balaban J connectivity index is 1.27. The van der Waals surface area contributed by atoms with Crippen LogP contribution in [-0.2, 0) is 11.0 Å². The predicted octanol–water partition coefficient (Wildman–Crippen LogP) is 2.93. The van der Waals surface area contributed by atoms with Gasteiger partial charge in [-0.25, -0.2) is 0 Å². The fraction of sp³-hybridized carbons (Fsp3) is 0.609. The Hall–Kier alpha value is -2.60. The fourth-order valence-corrected chi connectivity index (χ4v) is 6.06. The molecule has 0 aromatic heterocycles. The molecule has 0 spiro atoms. The molecule has 1 aromatic rings. The van der Waals surface area contributed by atoms with Crippen molar-refractivity contribution in [1.29, 1.82) is 5.26 Å². The number of carbonyl (C=O) groups is 2. The van der Waals surface area contributed by atoms with E-state index in [-0.39, 0.29) is 41.4 Å². The van der Waals surface area contributed by atoms with Gasteiger partial charge in [-0.2, -0.15) is 18.4 Å². The molecule has 3 saturated heterocycles. The van der Waals surface area contributed by atoms with Gasteiger partial charge in [0.25, 0.3) is 5.91 Å². The predicted molar refractivity (Wildman–Crippen MR) is 108 cm³/mol. The average Bonchev–Trinajstić information content (AvgIpc) is 3.36. The molecule has 170 valence electrons. The van der Waals surface area contributed by atoms with Crippen molar-refractivity contribution in [2.75, 3.05) is 0 Å². The highest BCUT2D eigenvalue weighted by atomic mass is 19.4. The molecule has 3 heterocycles. The topological polar surface area (TPSA) is 90.4 Å². The van der Waals surface area contributed by atoms with E-state index < -0.39 is 23.8 Å².